The van der Waals surface area contributed by atoms with Crippen molar-refractivity contribution < 1.29 is 4.79 Å². The van der Waals surface area contributed by atoms with E-state index in [9.17, 15) is 4.79 Å². The van der Waals surface area contributed by atoms with Gasteiger partial charge in [-0.25, -0.2) is 9.97 Å². The van der Waals surface area contributed by atoms with Gasteiger partial charge in [0, 0.05) is 5.38 Å². The van der Waals surface area contributed by atoms with E-state index in [1.54, 1.807) is 22.7 Å². The van der Waals surface area contributed by atoms with Gasteiger partial charge in [0.15, 0.2) is 5.13 Å². The normalized spacial score (nSPS) is 11.0. The minimum atomic E-state index is -0.0907. The molecule has 3 heterocycles. The first-order valence-electron chi connectivity index (χ1n) is 6.91. The number of fused-ring (bicyclic) bond motifs is 1. The fourth-order valence-electron chi connectivity index (χ4n) is 2.16. The predicted molar refractivity (Wildman–Crippen MR) is 97.4 cm³/mol. The molecule has 4 aromatic rings. The number of amides is 1. The molecule has 7 heteroatoms. The van der Waals surface area contributed by atoms with E-state index in [1.807, 2.05) is 47.2 Å². The molecular formula is C16H11N3OS3. The number of nitrogens with one attached hydrogen (secondary N) is 1. The number of thiophene rings is 1. The fourth-order valence-corrected chi connectivity index (χ4v) is 4.67. The summed E-state index contributed by atoms with van der Waals surface area (Å²) < 4.78 is 1.07. The maximum atomic E-state index is 12.2. The lowest BCUT2D eigenvalue weighted by molar-refractivity contribution is -0.115. The third kappa shape index (κ3) is 3.17. The Labute approximate surface area is 144 Å². The average molecular weight is 357 g/mol. The number of para-hydroxylation sites is 1. The second-order valence-electron chi connectivity index (χ2n) is 4.83. The fraction of sp³-hybridized carbons (Fsp3) is 0.0625. The van der Waals surface area contributed by atoms with Gasteiger partial charge >= 0.3 is 0 Å². The summed E-state index contributed by atoms with van der Waals surface area (Å²) in [5, 5.41) is 8.41. The lowest BCUT2D eigenvalue weighted by Gasteiger charge is -1.98. The topological polar surface area (TPSA) is 54.9 Å². The minimum Gasteiger partial charge on any atom is -0.302 e. The number of benzene rings is 1. The molecule has 1 aromatic carbocycles. The maximum Gasteiger partial charge on any atom is 0.232 e. The van der Waals surface area contributed by atoms with Gasteiger partial charge in [-0.2, -0.15) is 0 Å². The van der Waals surface area contributed by atoms with Crippen LogP contribution in [0.25, 0.3) is 20.1 Å². The number of carbonyl (C=O) groups is 1. The number of nitrogens with zero attached hydrogens (tertiary/aromatic N) is 2. The van der Waals surface area contributed by atoms with Crippen LogP contribution >= 0.6 is 34.0 Å². The first-order chi connectivity index (χ1) is 11.3. The summed E-state index contributed by atoms with van der Waals surface area (Å²) in [4.78, 5) is 22.2. The van der Waals surface area contributed by atoms with Gasteiger partial charge in [0.2, 0.25) is 5.91 Å². The van der Waals surface area contributed by atoms with Crippen LogP contribution < -0.4 is 5.32 Å². The van der Waals surface area contributed by atoms with Gasteiger partial charge in [-0.3, -0.25) is 4.79 Å². The highest BCUT2D eigenvalue weighted by Crippen LogP contribution is 2.28. The molecule has 4 nitrogen and oxygen atoms in total. The molecule has 0 atom stereocenters. The lowest BCUT2D eigenvalue weighted by Crippen LogP contribution is -2.14. The Hall–Kier alpha value is -2.09. The van der Waals surface area contributed by atoms with Crippen LogP contribution in [0.4, 0.5) is 5.13 Å². The van der Waals surface area contributed by atoms with Crippen LogP contribution in [0.1, 0.15) is 5.69 Å². The average Bonchev–Trinajstić information content (AvgIpc) is 3.26. The van der Waals surface area contributed by atoms with E-state index in [2.05, 4.69) is 15.3 Å². The van der Waals surface area contributed by atoms with E-state index in [-0.39, 0.29) is 12.3 Å². The molecule has 0 bridgehead atoms. The minimum absolute atomic E-state index is 0.0907. The summed E-state index contributed by atoms with van der Waals surface area (Å²) in [6.07, 6.45) is 0.262. The predicted octanol–water partition coefficient (Wildman–Crippen LogP) is 4.66. The number of anilines is 1. The molecule has 0 aliphatic carbocycles. The number of rotatable bonds is 4. The van der Waals surface area contributed by atoms with Crippen LogP contribution in [0.15, 0.2) is 47.2 Å². The number of hydrogen-bond donors (Lipinski definition) is 1. The first-order valence-corrected chi connectivity index (χ1v) is 9.49. The van der Waals surface area contributed by atoms with Gasteiger partial charge in [0.25, 0.3) is 0 Å². The number of aromatic nitrogens is 2. The Balaban J connectivity index is 1.45. The molecular weight excluding hydrogens is 346 g/mol. The van der Waals surface area contributed by atoms with Gasteiger partial charge < -0.3 is 5.32 Å². The molecule has 1 N–H and O–H groups in total. The molecule has 4 rings (SSSR count). The van der Waals surface area contributed by atoms with Crippen LogP contribution in [0.5, 0.6) is 0 Å². The third-order valence-electron chi connectivity index (χ3n) is 3.17. The van der Waals surface area contributed by atoms with Crippen molar-refractivity contribution >= 4 is 55.3 Å². The zero-order valence-electron chi connectivity index (χ0n) is 11.9. The van der Waals surface area contributed by atoms with Gasteiger partial charge in [-0.1, -0.05) is 29.5 Å². The second-order valence-corrected chi connectivity index (χ2v) is 7.67. The summed E-state index contributed by atoms with van der Waals surface area (Å²) in [5.74, 6) is -0.0907. The van der Waals surface area contributed by atoms with E-state index in [4.69, 9.17) is 0 Å². The van der Waals surface area contributed by atoms with E-state index in [0.29, 0.717) is 5.13 Å². The molecule has 0 aliphatic rings. The summed E-state index contributed by atoms with van der Waals surface area (Å²) in [6, 6.07) is 11.9. The highest BCUT2D eigenvalue weighted by molar-refractivity contribution is 7.22. The van der Waals surface area contributed by atoms with Crippen molar-refractivity contribution in [3.63, 3.8) is 0 Å². The van der Waals surface area contributed by atoms with Crippen LogP contribution in [0, 0.1) is 0 Å². The lowest BCUT2D eigenvalue weighted by atomic mass is 10.3. The van der Waals surface area contributed by atoms with E-state index < -0.39 is 0 Å². The monoisotopic (exact) mass is 357 g/mol. The second kappa shape index (κ2) is 6.19. The molecule has 0 saturated carbocycles. The summed E-state index contributed by atoms with van der Waals surface area (Å²) in [7, 11) is 0. The smallest absolute Gasteiger partial charge is 0.232 e. The molecule has 23 heavy (non-hydrogen) atoms. The largest absolute Gasteiger partial charge is 0.302 e. The summed E-state index contributed by atoms with van der Waals surface area (Å²) in [5.41, 5.74) is 1.69. The highest BCUT2D eigenvalue weighted by Gasteiger charge is 2.11. The summed E-state index contributed by atoms with van der Waals surface area (Å²) in [6.45, 7) is 0. The number of hydrogen-bond acceptors (Lipinski definition) is 6. The van der Waals surface area contributed by atoms with Gasteiger partial charge in [0.1, 0.15) is 5.01 Å². The molecule has 0 spiro atoms. The van der Waals surface area contributed by atoms with Crippen molar-refractivity contribution in [2.75, 3.05) is 5.32 Å². The molecule has 114 valence electrons. The molecule has 0 saturated heterocycles. The maximum absolute atomic E-state index is 12.2. The Morgan fingerprint density at radius 3 is 2.83 bits per heavy atom. The molecule has 1 amide bonds. The third-order valence-corrected chi connectivity index (χ3v) is 6.05. The Morgan fingerprint density at radius 1 is 1.09 bits per heavy atom. The van der Waals surface area contributed by atoms with E-state index >= 15 is 0 Å². The van der Waals surface area contributed by atoms with Gasteiger partial charge in [0.05, 0.1) is 27.2 Å². The highest BCUT2D eigenvalue weighted by atomic mass is 32.1. The van der Waals surface area contributed by atoms with Crippen LogP contribution in [-0.2, 0) is 11.2 Å². The van der Waals surface area contributed by atoms with Crippen molar-refractivity contribution in [3.8, 4) is 9.88 Å². The molecule has 3 aromatic heterocycles. The SMILES string of the molecule is O=C(Cc1csc(-c2cccs2)n1)Nc1nc2ccccc2s1. The van der Waals surface area contributed by atoms with Crippen molar-refractivity contribution in [1.82, 2.24) is 9.97 Å². The van der Waals surface area contributed by atoms with Crippen LogP contribution in [0.2, 0.25) is 0 Å². The van der Waals surface area contributed by atoms with Crippen LogP contribution in [-0.4, -0.2) is 15.9 Å². The van der Waals surface area contributed by atoms with Gasteiger partial charge in [-0.05, 0) is 23.6 Å². The molecule has 0 radical (unpaired) electrons. The zero-order chi connectivity index (χ0) is 15.6. The van der Waals surface area contributed by atoms with Crippen molar-refractivity contribution in [2.45, 2.75) is 6.42 Å². The Bertz CT molecular complexity index is 923. The first kappa shape index (κ1) is 14.5. The van der Waals surface area contributed by atoms with Crippen molar-refractivity contribution in [3.05, 3.63) is 52.9 Å². The molecule has 0 aliphatic heterocycles. The summed E-state index contributed by atoms with van der Waals surface area (Å²) >= 11 is 4.70. The Morgan fingerprint density at radius 2 is 2.00 bits per heavy atom. The van der Waals surface area contributed by atoms with Crippen LogP contribution in [0.3, 0.4) is 0 Å². The number of thiazole rings is 2. The number of carbonyl (C=O) groups excluding carboxylic acids is 1. The van der Waals surface area contributed by atoms with Crippen molar-refractivity contribution in [1.29, 1.82) is 0 Å². The van der Waals surface area contributed by atoms with Gasteiger partial charge in [-0.15, -0.1) is 22.7 Å². The zero-order valence-corrected chi connectivity index (χ0v) is 14.3. The van der Waals surface area contributed by atoms with Crippen molar-refractivity contribution in [2.24, 2.45) is 0 Å². The standard InChI is InChI=1S/C16H11N3OS3/c20-14(19-16-18-11-4-1-2-5-12(11)23-16)8-10-9-22-15(17-10)13-6-3-7-21-13/h1-7,9H,8H2,(H,18,19,20). The van der Waals surface area contributed by atoms with E-state index in [0.717, 1.165) is 25.8 Å². The Kier molecular flexibility index (Phi) is 3.90. The molecule has 0 fully saturated rings. The quantitative estimate of drug-likeness (QED) is 0.578. The van der Waals surface area contributed by atoms with E-state index in [1.165, 1.54) is 11.3 Å². The molecule has 0 unspecified atom stereocenters.